The van der Waals surface area contributed by atoms with Gasteiger partial charge in [-0.2, -0.15) is 0 Å². The van der Waals surface area contributed by atoms with Gasteiger partial charge in [-0.25, -0.2) is 13.1 Å². The van der Waals surface area contributed by atoms with E-state index in [0.717, 1.165) is 0 Å². The van der Waals surface area contributed by atoms with Gasteiger partial charge in [0.05, 0.1) is 5.75 Å². The molecule has 0 fully saturated rings. The molecule has 0 radical (unpaired) electrons. The zero-order valence-electron chi connectivity index (χ0n) is 9.19. The lowest BCUT2D eigenvalue weighted by atomic mass is 10.2. The molecule has 94 valence electrons. The SMILES string of the molecule is CCNS(=O)(=O)CCNC(=O)C(C)C(=O)O. The Hall–Kier alpha value is -1.15. The van der Waals surface area contributed by atoms with E-state index >= 15 is 0 Å². The van der Waals surface area contributed by atoms with E-state index in [0.29, 0.717) is 0 Å². The number of carbonyl (C=O) groups excluding carboxylic acids is 1. The van der Waals surface area contributed by atoms with Gasteiger partial charge >= 0.3 is 5.97 Å². The topological polar surface area (TPSA) is 113 Å². The highest BCUT2D eigenvalue weighted by Gasteiger charge is 2.20. The quantitative estimate of drug-likeness (QED) is 0.491. The molecule has 0 aliphatic carbocycles. The smallest absolute Gasteiger partial charge is 0.315 e. The van der Waals surface area contributed by atoms with Crippen LogP contribution < -0.4 is 10.0 Å². The molecule has 1 amide bonds. The number of carbonyl (C=O) groups is 2. The van der Waals surface area contributed by atoms with Crippen molar-refractivity contribution >= 4 is 21.9 Å². The molecule has 0 heterocycles. The van der Waals surface area contributed by atoms with E-state index in [4.69, 9.17) is 5.11 Å². The van der Waals surface area contributed by atoms with Crippen LogP contribution in [-0.2, 0) is 19.6 Å². The van der Waals surface area contributed by atoms with Crippen LogP contribution in [0.5, 0.6) is 0 Å². The monoisotopic (exact) mass is 252 g/mol. The van der Waals surface area contributed by atoms with Crippen molar-refractivity contribution in [2.45, 2.75) is 13.8 Å². The maximum absolute atomic E-state index is 11.1. The first-order chi connectivity index (χ1) is 7.30. The summed E-state index contributed by atoms with van der Waals surface area (Å²) in [7, 11) is -3.39. The highest BCUT2D eigenvalue weighted by Crippen LogP contribution is 1.93. The average Bonchev–Trinajstić information content (AvgIpc) is 2.15. The van der Waals surface area contributed by atoms with E-state index in [1.165, 1.54) is 6.92 Å². The lowest BCUT2D eigenvalue weighted by Crippen LogP contribution is -2.38. The molecule has 16 heavy (non-hydrogen) atoms. The molecule has 0 spiro atoms. The van der Waals surface area contributed by atoms with E-state index in [-0.39, 0.29) is 18.8 Å². The number of hydrogen-bond acceptors (Lipinski definition) is 4. The number of carboxylic acids is 1. The Morgan fingerprint density at radius 3 is 2.38 bits per heavy atom. The molecule has 7 nitrogen and oxygen atoms in total. The van der Waals surface area contributed by atoms with Crippen molar-refractivity contribution in [3.63, 3.8) is 0 Å². The molecule has 1 atom stereocenters. The number of carboxylic acid groups (broad SMARTS) is 1. The zero-order valence-corrected chi connectivity index (χ0v) is 10.0. The second kappa shape index (κ2) is 6.44. The Morgan fingerprint density at radius 2 is 1.94 bits per heavy atom. The summed E-state index contributed by atoms with van der Waals surface area (Å²) in [5.41, 5.74) is 0. The van der Waals surface area contributed by atoms with Gasteiger partial charge in [0.2, 0.25) is 15.9 Å². The van der Waals surface area contributed by atoms with Gasteiger partial charge in [0, 0.05) is 13.1 Å². The Kier molecular flexibility index (Phi) is 5.97. The predicted octanol–water partition coefficient (Wildman–Crippen LogP) is -1.24. The van der Waals surface area contributed by atoms with Crippen LogP contribution in [-0.4, -0.2) is 44.2 Å². The standard InChI is InChI=1S/C8H16N2O5S/c1-3-10-16(14,15)5-4-9-7(11)6(2)8(12)13/h6,10H,3-5H2,1-2H3,(H,9,11)(H,12,13). The van der Waals surface area contributed by atoms with Gasteiger partial charge in [-0.05, 0) is 6.92 Å². The van der Waals surface area contributed by atoms with Gasteiger partial charge in [-0.15, -0.1) is 0 Å². The van der Waals surface area contributed by atoms with E-state index in [2.05, 4.69) is 10.0 Å². The summed E-state index contributed by atoms with van der Waals surface area (Å²) < 4.78 is 24.5. The number of hydrogen-bond donors (Lipinski definition) is 3. The normalized spacial score (nSPS) is 13.1. The third kappa shape index (κ3) is 5.66. The maximum Gasteiger partial charge on any atom is 0.315 e. The summed E-state index contributed by atoms with van der Waals surface area (Å²) >= 11 is 0. The Morgan fingerprint density at radius 1 is 1.38 bits per heavy atom. The summed E-state index contributed by atoms with van der Waals surface area (Å²) in [6.45, 7) is 3.05. The molecular weight excluding hydrogens is 236 g/mol. The lowest BCUT2D eigenvalue weighted by molar-refractivity contribution is -0.146. The summed E-state index contributed by atoms with van der Waals surface area (Å²) in [6, 6.07) is 0. The fourth-order valence-corrected chi connectivity index (χ4v) is 1.82. The molecule has 1 unspecified atom stereocenters. The molecule has 0 saturated heterocycles. The van der Waals surface area contributed by atoms with E-state index < -0.39 is 27.8 Å². The molecule has 8 heteroatoms. The van der Waals surface area contributed by atoms with E-state index in [9.17, 15) is 18.0 Å². The Labute approximate surface area is 94.3 Å². The van der Waals surface area contributed by atoms with Crippen molar-refractivity contribution in [2.75, 3.05) is 18.8 Å². The first-order valence-corrected chi connectivity index (χ1v) is 6.43. The fourth-order valence-electron chi connectivity index (χ4n) is 0.866. The van der Waals surface area contributed by atoms with E-state index in [1.54, 1.807) is 6.92 Å². The minimum Gasteiger partial charge on any atom is -0.481 e. The third-order valence-corrected chi connectivity index (χ3v) is 3.27. The van der Waals surface area contributed by atoms with Crippen molar-refractivity contribution in [2.24, 2.45) is 5.92 Å². The summed E-state index contributed by atoms with van der Waals surface area (Å²) in [4.78, 5) is 21.5. The molecule has 3 N–H and O–H groups in total. The zero-order chi connectivity index (χ0) is 12.8. The van der Waals surface area contributed by atoms with Gasteiger partial charge in [0.1, 0.15) is 5.92 Å². The fraction of sp³-hybridized carbons (Fsp3) is 0.750. The second-order valence-electron chi connectivity index (χ2n) is 3.17. The summed E-state index contributed by atoms with van der Waals surface area (Å²) in [5, 5.41) is 10.7. The van der Waals surface area contributed by atoms with Gasteiger partial charge in [0.15, 0.2) is 0 Å². The molecule has 0 aromatic rings. The van der Waals surface area contributed by atoms with Gasteiger partial charge in [0.25, 0.3) is 0 Å². The molecule has 0 saturated carbocycles. The molecular formula is C8H16N2O5S. The first kappa shape index (κ1) is 14.8. The number of rotatable bonds is 7. The minimum absolute atomic E-state index is 0.105. The van der Waals surface area contributed by atoms with Gasteiger partial charge in [-0.1, -0.05) is 6.92 Å². The summed E-state index contributed by atoms with van der Waals surface area (Å²) in [6.07, 6.45) is 0. The lowest BCUT2D eigenvalue weighted by Gasteiger charge is -2.08. The Balaban J connectivity index is 4.00. The average molecular weight is 252 g/mol. The second-order valence-corrected chi connectivity index (χ2v) is 5.09. The number of sulfonamides is 1. The summed E-state index contributed by atoms with van der Waals surface area (Å²) in [5.74, 6) is -3.38. The van der Waals surface area contributed by atoms with Crippen LogP contribution in [0.2, 0.25) is 0 Å². The number of aliphatic carboxylic acids is 1. The van der Waals surface area contributed by atoms with Crippen molar-refractivity contribution in [3.8, 4) is 0 Å². The van der Waals surface area contributed by atoms with Gasteiger partial charge in [-0.3, -0.25) is 9.59 Å². The van der Waals surface area contributed by atoms with Crippen molar-refractivity contribution in [3.05, 3.63) is 0 Å². The van der Waals surface area contributed by atoms with Crippen LogP contribution >= 0.6 is 0 Å². The highest BCUT2D eigenvalue weighted by atomic mass is 32.2. The van der Waals surface area contributed by atoms with Gasteiger partial charge < -0.3 is 10.4 Å². The largest absolute Gasteiger partial charge is 0.481 e. The van der Waals surface area contributed by atoms with Crippen molar-refractivity contribution in [1.82, 2.24) is 10.0 Å². The van der Waals surface area contributed by atoms with E-state index in [1.807, 2.05) is 0 Å². The van der Waals surface area contributed by atoms with Crippen LogP contribution in [0, 0.1) is 5.92 Å². The molecule has 0 aromatic heterocycles. The van der Waals surface area contributed by atoms with Crippen LogP contribution in [0.1, 0.15) is 13.8 Å². The van der Waals surface area contributed by atoms with Crippen molar-refractivity contribution in [1.29, 1.82) is 0 Å². The highest BCUT2D eigenvalue weighted by molar-refractivity contribution is 7.89. The minimum atomic E-state index is -3.39. The van der Waals surface area contributed by atoms with Crippen LogP contribution in [0.15, 0.2) is 0 Å². The Bertz CT molecular complexity index is 351. The van der Waals surface area contributed by atoms with Crippen molar-refractivity contribution < 1.29 is 23.1 Å². The van der Waals surface area contributed by atoms with Crippen LogP contribution in [0.3, 0.4) is 0 Å². The molecule has 0 aliphatic heterocycles. The molecule has 0 aromatic carbocycles. The predicted molar refractivity (Wildman–Crippen MR) is 57.3 cm³/mol. The number of amides is 1. The molecule has 0 bridgehead atoms. The first-order valence-electron chi connectivity index (χ1n) is 4.78. The number of nitrogens with one attached hydrogen (secondary N) is 2. The molecule has 0 aliphatic rings. The van der Waals surface area contributed by atoms with Crippen LogP contribution in [0.4, 0.5) is 0 Å². The molecule has 0 rings (SSSR count). The van der Waals surface area contributed by atoms with Crippen LogP contribution in [0.25, 0.3) is 0 Å². The maximum atomic E-state index is 11.1. The third-order valence-electron chi connectivity index (χ3n) is 1.80.